The van der Waals surface area contributed by atoms with Crippen LogP contribution in [0.3, 0.4) is 0 Å². The van der Waals surface area contributed by atoms with Crippen LogP contribution >= 0.6 is 0 Å². The van der Waals surface area contributed by atoms with E-state index in [4.69, 9.17) is 18.9 Å². The Hall–Kier alpha value is -3.02. The van der Waals surface area contributed by atoms with Gasteiger partial charge in [0.2, 0.25) is 0 Å². The molecule has 0 aliphatic heterocycles. The van der Waals surface area contributed by atoms with Crippen molar-refractivity contribution in [3.05, 3.63) is 58.7 Å². The fraction of sp³-hybridized carbons (Fsp3) is 0.774. The number of hydrogen-bond donors (Lipinski definition) is 0. The fourth-order valence-corrected chi connectivity index (χ4v) is 14.4. The van der Waals surface area contributed by atoms with Crippen molar-refractivity contribution in [1.82, 2.24) is 0 Å². The van der Waals surface area contributed by atoms with Gasteiger partial charge in [-0.25, -0.2) is 0 Å². The molecule has 0 heterocycles. The Morgan fingerprint density at radius 3 is 1.10 bits per heavy atom. The average Bonchev–Trinajstić information content (AvgIpc) is 3.38. The molecule has 0 unspecified atom stereocenters. The molecule has 4 saturated carbocycles. The molecule has 0 radical (unpaired) electrons. The van der Waals surface area contributed by atoms with Gasteiger partial charge in [0.05, 0.1) is 25.0 Å². The summed E-state index contributed by atoms with van der Waals surface area (Å²) in [7, 11) is 0. The van der Waals surface area contributed by atoms with E-state index in [-0.39, 0.29) is 36.0 Å². The zero-order valence-electron chi connectivity index (χ0n) is 43.1. The van der Waals surface area contributed by atoms with E-state index in [1.54, 1.807) is 0 Å². The first-order valence-corrected chi connectivity index (χ1v) is 29.5. The van der Waals surface area contributed by atoms with Crippen molar-refractivity contribution in [3.8, 4) is 11.5 Å². The zero-order valence-corrected chi connectivity index (χ0v) is 43.1. The Labute approximate surface area is 413 Å². The molecule has 0 aromatic heterocycles. The molecule has 0 spiro atoms. The van der Waals surface area contributed by atoms with Crippen LogP contribution in [0.4, 0.5) is 0 Å². The maximum Gasteiger partial charge on any atom is 0.311 e. The van der Waals surface area contributed by atoms with E-state index in [2.05, 4.69) is 50.2 Å². The lowest BCUT2D eigenvalue weighted by Crippen LogP contribution is -2.49. The number of unbranched alkanes of at least 4 members (excludes halogenated alkanes) is 14. The highest BCUT2D eigenvalue weighted by Gasteiger charge is 2.57. The number of esters is 2. The minimum absolute atomic E-state index is 0.0955. The van der Waals surface area contributed by atoms with Crippen molar-refractivity contribution in [1.29, 1.82) is 0 Å². The molecule has 0 N–H and O–H groups in total. The molecule has 7 aliphatic carbocycles. The predicted octanol–water partition coefficient (Wildman–Crippen LogP) is 16.9. The number of ether oxygens (including phenoxy) is 4. The van der Waals surface area contributed by atoms with Crippen molar-refractivity contribution < 1.29 is 28.5 Å². The molecule has 0 saturated heterocycles. The Balaban J connectivity index is 1.02. The summed E-state index contributed by atoms with van der Waals surface area (Å²) in [4.78, 5) is 30.4. The van der Waals surface area contributed by atoms with Crippen molar-refractivity contribution in [2.45, 2.75) is 256 Å². The minimum Gasteiger partial charge on any atom is -0.494 e. The minimum atomic E-state index is -0.658. The standard InChI is InChI=1S/C62H94O6/c1-3-5-7-9-11-13-15-23-41-65-51-37-39-53-55(43-51)57-54-40-38-52(66-42-24-16-14-12-10-8-6-4-2)44-56(54)58(53)60(62(64)68-50-35-31-48(32-36-50)46-27-21-18-22-28-46)59(57)61(63)67-49-33-29-47(30-34-49)45-25-19-17-20-26-45/h37-40,43-50,57-60H,3-36,41-42H2,1-2H3/t47?,48?,49?,50?,57-,58-,59+,60+/m1/s1. The van der Waals surface area contributed by atoms with Gasteiger partial charge in [0, 0.05) is 11.8 Å². The molecule has 68 heavy (non-hydrogen) atoms. The van der Waals surface area contributed by atoms with Gasteiger partial charge in [-0.05, 0) is 134 Å². The normalized spacial score (nSPS) is 27.3. The molecular formula is C62H94O6. The Morgan fingerprint density at radius 2 is 0.735 bits per heavy atom. The van der Waals surface area contributed by atoms with Gasteiger partial charge < -0.3 is 18.9 Å². The van der Waals surface area contributed by atoms with Gasteiger partial charge >= 0.3 is 11.9 Å². The fourth-order valence-electron chi connectivity index (χ4n) is 14.4. The molecule has 4 fully saturated rings. The van der Waals surface area contributed by atoms with E-state index in [1.165, 1.54) is 154 Å². The molecule has 4 atom stereocenters. The summed E-state index contributed by atoms with van der Waals surface area (Å²) in [6.07, 6.45) is 41.9. The van der Waals surface area contributed by atoms with Crippen molar-refractivity contribution >= 4 is 11.9 Å². The van der Waals surface area contributed by atoms with Gasteiger partial charge in [-0.15, -0.1) is 0 Å². The second-order valence-corrected chi connectivity index (χ2v) is 23.0. The van der Waals surface area contributed by atoms with Gasteiger partial charge in [-0.3, -0.25) is 9.59 Å². The van der Waals surface area contributed by atoms with Crippen molar-refractivity contribution in [3.63, 3.8) is 0 Å². The maximum atomic E-state index is 15.2. The van der Waals surface area contributed by atoms with Crippen LogP contribution in [0.15, 0.2) is 36.4 Å². The van der Waals surface area contributed by atoms with Crippen LogP contribution in [0, 0.1) is 35.5 Å². The Kier molecular flexibility index (Phi) is 20.4. The number of benzene rings is 2. The molecular weight excluding hydrogens is 841 g/mol. The van der Waals surface area contributed by atoms with E-state index < -0.39 is 11.8 Å². The summed E-state index contributed by atoms with van der Waals surface area (Å²) in [6, 6.07) is 13.0. The summed E-state index contributed by atoms with van der Waals surface area (Å²) >= 11 is 0. The second-order valence-electron chi connectivity index (χ2n) is 23.0. The summed E-state index contributed by atoms with van der Waals surface area (Å²) in [5.74, 6) is 2.49. The summed E-state index contributed by atoms with van der Waals surface area (Å²) in [5, 5.41) is 0. The number of hydrogen-bond acceptors (Lipinski definition) is 6. The smallest absolute Gasteiger partial charge is 0.311 e. The topological polar surface area (TPSA) is 71.1 Å². The summed E-state index contributed by atoms with van der Waals surface area (Å²) in [6.45, 7) is 5.92. The highest BCUT2D eigenvalue weighted by atomic mass is 16.6. The SMILES string of the molecule is CCCCCCCCCCOc1ccc2c(c1)[C@H]1c3ccc(OCCCCCCCCCC)cc3[C@@H]2[C@H](C(=O)OC2CCC(C3CCCCC3)CC2)[C@H]1C(=O)OC1CCC(C2CCCCC2)CC1. The van der Waals surface area contributed by atoms with Crippen LogP contribution in [0.2, 0.25) is 0 Å². The molecule has 2 aromatic carbocycles. The van der Waals surface area contributed by atoms with Crippen molar-refractivity contribution in [2.24, 2.45) is 35.5 Å². The molecule has 2 bridgehead atoms. The first-order valence-electron chi connectivity index (χ1n) is 29.5. The van der Waals surface area contributed by atoms with Crippen LogP contribution in [0.5, 0.6) is 11.5 Å². The van der Waals surface area contributed by atoms with Gasteiger partial charge in [-0.1, -0.05) is 180 Å². The van der Waals surface area contributed by atoms with Crippen LogP contribution < -0.4 is 9.47 Å². The molecule has 378 valence electrons. The summed E-state index contributed by atoms with van der Waals surface area (Å²) in [5.41, 5.74) is 4.48. The molecule has 2 aromatic rings. The predicted molar refractivity (Wildman–Crippen MR) is 277 cm³/mol. The Bertz CT molecular complexity index is 1680. The van der Waals surface area contributed by atoms with Gasteiger partial charge in [-0.2, -0.15) is 0 Å². The number of carbonyl (C=O) groups is 2. The molecule has 6 heteroatoms. The quantitative estimate of drug-likeness (QED) is 0.0691. The Morgan fingerprint density at radius 1 is 0.397 bits per heavy atom. The molecule has 0 amide bonds. The monoisotopic (exact) mass is 935 g/mol. The molecule has 6 nitrogen and oxygen atoms in total. The molecule has 7 aliphatic rings. The van der Waals surface area contributed by atoms with Gasteiger partial charge in [0.25, 0.3) is 0 Å². The number of fused-ring (bicyclic) bond motifs is 1. The second kappa shape index (κ2) is 27.0. The first kappa shape index (κ1) is 51.3. The lowest BCUT2D eigenvalue weighted by molar-refractivity contribution is -0.171. The van der Waals surface area contributed by atoms with Crippen LogP contribution in [0.25, 0.3) is 0 Å². The van der Waals surface area contributed by atoms with Crippen LogP contribution in [0.1, 0.15) is 266 Å². The largest absolute Gasteiger partial charge is 0.494 e. The first-order chi connectivity index (χ1) is 33.5. The van der Waals surface area contributed by atoms with E-state index in [0.29, 0.717) is 13.2 Å². The zero-order chi connectivity index (χ0) is 46.9. The van der Waals surface area contributed by atoms with Crippen LogP contribution in [-0.2, 0) is 19.1 Å². The highest BCUT2D eigenvalue weighted by molar-refractivity contribution is 5.88. The maximum absolute atomic E-state index is 15.2. The third kappa shape index (κ3) is 13.7. The van der Waals surface area contributed by atoms with E-state index in [1.807, 2.05) is 0 Å². The lowest BCUT2D eigenvalue weighted by Gasteiger charge is -2.49. The third-order valence-electron chi connectivity index (χ3n) is 18.3. The third-order valence-corrected chi connectivity index (χ3v) is 18.3. The number of carbonyl (C=O) groups excluding carboxylic acids is 2. The summed E-state index contributed by atoms with van der Waals surface area (Å²) < 4.78 is 26.4. The molecule has 9 rings (SSSR count). The van der Waals surface area contributed by atoms with Gasteiger partial charge in [0.1, 0.15) is 23.7 Å². The van der Waals surface area contributed by atoms with E-state index in [0.717, 1.165) is 122 Å². The van der Waals surface area contributed by atoms with Crippen molar-refractivity contribution in [2.75, 3.05) is 13.2 Å². The van der Waals surface area contributed by atoms with E-state index in [9.17, 15) is 0 Å². The van der Waals surface area contributed by atoms with E-state index >= 15 is 9.59 Å². The van der Waals surface area contributed by atoms with Gasteiger partial charge in [0.15, 0.2) is 0 Å². The van der Waals surface area contributed by atoms with Crippen LogP contribution in [-0.4, -0.2) is 37.4 Å². The lowest BCUT2D eigenvalue weighted by atomic mass is 9.54. The number of rotatable bonds is 26. The average molecular weight is 935 g/mol. The highest BCUT2D eigenvalue weighted by Crippen LogP contribution is 2.60.